The third kappa shape index (κ3) is 3.98. The van der Waals surface area contributed by atoms with Crippen molar-refractivity contribution in [3.8, 4) is 0 Å². The molecule has 2 aromatic heterocycles. The number of anilines is 1. The van der Waals surface area contributed by atoms with Crippen LogP contribution in [-0.4, -0.2) is 27.9 Å². The zero-order valence-electron chi connectivity index (χ0n) is 16.6. The second kappa shape index (κ2) is 7.90. The summed E-state index contributed by atoms with van der Waals surface area (Å²) in [5.74, 6) is -0.990. The lowest BCUT2D eigenvalue weighted by atomic mass is 10.1. The molecule has 8 nitrogen and oxygen atoms in total. The second-order valence-corrected chi connectivity index (χ2v) is 7.08. The monoisotopic (exact) mass is 407 g/mol. The molecule has 1 atom stereocenters. The number of aromatic nitrogens is 2. The van der Waals surface area contributed by atoms with E-state index in [1.807, 2.05) is 18.2 Å². The van der Waals surface area contributed by atoms with Crippen LogP contribution in [0.2, 0.25) is 0 Å². The van der Waals surface area contributed by atoms with Gasteiger partial charge in [0.05, 0.1) is 23.7 Å². The zero-order valence-corrected chi connectivity index (χ0v) is 16.6. The number of carbonyl (C=O) groups excluding carboxylic acids is 2. The highest BCUT2D eigenvalue weighted by Gasteiger charge is 2.20. The summed E-state index contributed by atoms with van der Waals surface area (Å²) >= 11 is 0. The van der Waals surface area contributed by atoms with Crippen LogP contribution >= 0.6 is 0 Å². The SMILES string of the molecule is CCc1ccc2c(CC(=O)O[C@@H](C)C(=O)Nc3ccc4[nH]c(=O)[nH]c4c3)coc2c1. The maximum Gasteiger partial charge on any atom is 0.323 e. The Morgan fingerprint density at radius 1 is 1.13 bits per heavy atom. The summed E-state index contributed by atoms with van der Waals surface area (Å²) in [4.78, 5) is 41.3. The summed E-state index contributed by atoms with van der Waals surface area (Å²) in [7, 11) is 0. The molecule has 0 aliphatic rings. The lowest BCUT2D eigenvalue weighted by molar-refractivity contribution is -0.152. The van der Waals surface area contributed by atoms with Gasteiger partial charge in [-0.1, -0.05) is 19.1 Å². The Morgan fingerprint density at radius 2 is 1.93 bits per heavy atom. The lowest BCUT2D eigenvalue weighted by Gasteiger charge is -2.13. The smallest absolute Gasteiger partial charge is 0.323 e. The maximum absolute atomic E-state index is 12.4. The highest BCUT2D eigenvalue weighted by atomic mass is 16.5. The summed E-state index contributed by atoms with van der Waals surface area (Å²) in [6.45, 7) is 3.56. The Bertz CT molecular complexity index is 1300. The fraction of sp³-hybridized carbons (Fsp3) is 0.227. The molecule has 4 aromatic rings. The molecule has 0 bridgehead atoms. The Kier molecular flexibility index (Phi) is 5.14. The number of hydrogen-bond acceptors (Lipinski definition) is 5. The molecular formula is C22H21N3O5. The van der Waals surface area contributed by atoms with Gasteiger partial charge >= 0.3 is 11.7 Å². The van der Waals surface area contributed by atoms with E-state index in [4.69, 9.17) is 9.15 Å². The summed E-state index contributed by atoms with van der Waals surface area (Å²) < 4.78 is 10.8. The first-order valence-electron chi connectivity index (χ1n) is 9.64. The van der Waals surface area contributed by atoms with Crippen molar-refractivity contribution >= 4 is 39.6 Å². The number of esters is 1. The Balaban J connectivity index is 1.38. The molecule has 0 unspecified atom stereocenters. The average Bonchev–Trinajstić information content (AvgIpc) is 3.29. The minimum atomic E-state index is -0.983. The van der Waals surface area contributed by atoms with Gasteiger partial charge in [-0.25, -0.2) is 4.79 Å². The zero-order chi connectivity index (χ0) is 21.3. The molecular weight excluding hydrogens is 386 g/mol. The first-order chi connectivity index (χ1) is 14.4. The van der Waals surface area contributed by atoms with Crippen LogP contribution in [0.15, 0.2) is 51.9 Å². The quantitative estimate of drug-likeness (QED) is 0.424. The van der Waals surface area contributed by atoms with Gasteiger partial charge in [0.1, 0.15) is 5.58 Å². The van der Waals surface area contributed by atoms with Crippen molar-refractivity contribution in [2.24, 2.45) is 0 Å². The number of fused-ring (bicyclic) bond motifs is 2. The van der Waals surface area contributed by atoms with Gasteiger partial charge in [-0.2, -0.15) is 0 Å². The van der Waals surface area contributed by atoms with Gasteiger partial charge in [-0.15, -0.1) is 0 Å². The Hall–Kier alpha value is -3.81. The number of aromatic amines is 2. The highest BCUT2D eigenvalue weighted by Crippen LogP contribution is 2.23. The number of nitrogens with one attached hydrogen (secondary N) is 3. The molecule has 0 spiro atoms. The molecule has 1 amide bonds. The molecule has 0 fully saturated rings. The number of ether oxygens (including phenoxy) is 1. The van der Waals surface area contributed by atoms with Crippen molar-refractivity contribution < 1.29 is 18.7 Å². The summed E-state index contributed by atoms with van der Waals surface area (Å²) in [5.41, 5.74) is 3.95. The van der Waals surface area contributed by atoms with E-state index in [-0.39, 0.29) is 12.1 Å². The number of H-pyrrole nitrogens is 2. The Labute approximate surface area is 171 Å². The van der Waals surface area contributed by atoms with Gasteiger partial charge < -0.3 is 24.4 Å². The molecule has 0 saturated carbocycles. The minimum Gasteiger partial charge on any atom is -0.464 e. The number of benzene rings is 2. The first kappa shape index (κ1) is 19.5. The molecule has 154 valence electrons. The van der Waals surface area contributed by atoms with Crippen LogP contribution in [0.1, 0.15) is 25.0 Å². The van der Waals surface area contributed by atoms with Crippen molar-refractivity contribution in [2.45, 2.75) is 32.8 Å². The van der Waals surface area contributed by atoms with Crippen LogP contribution in [0.4, 0.5) is 5.69 Å². The van der Waals surface area contributed by atoms with Crippen molar-refractivity contribution in [1.29, 1.82) is 0 Å². The number of imidazole rings is 1. The largest absolute Gasteiger partial charge is 0.464 e. The van der Waals surface area contributed by atoms with Crippen LogP contribution in [0.25, 0.3) is 22.0 Å². The van der Waals surface area contributed by atoms with E-state index in [2.05, 4.69) is 22.2 Å². The maximum atomic E-state index is 12.4. The van der Waals surface area contributed by atoms with Gasteiger partial charge in [0.2, 0.25) is 0 Å². The van der Waals surface area contributed by atoms with Gasteiger partial charge in [0.25, 0.3) is 5.91 Å². The third-order valence-corrected chi connectivity index (χ3v) is 4.92. The van der Waals surface area contributed by atoms with Crippen LogP contribution in [0, 0.1) is 0 Å². The van der Waals surface area contributed by atoms with Crippen LogP contribution in [-0.2, 0) is 27.2 Å². The van der Waals surface area contributed by atoms with Crippen LogP contribution in [0.5, 0.6) is 0 Å². The summed E-state index contributed by atoms with van der Waals surface area (Å²) in [5, 5.41) is 3.54. The van der Waals surface area contributed by atoms with Crippen LogP contribution < -0.4 is 11.0 Å². The molecule has 0 aliphatic heterocycles. The molecule has 0 aliphatic carbocycles. The molecule has 0 radical (unpaired) electrons. The number of hydrogen-bond donors (Lipinski definition) is 3. The summed E-state index contributed by atoms with van der Waals surface area (Å²) in [6, 6.07) is 10.8. The van der Waals surface area contributed by atoms with E-state index in [9.17, 15) is 14.4 Å². The summed E-state index contributed by atoms with van der Waals surface area (Å²) in [6.07, 6.45) is 1.46. The third-order valence-electron chi connectivity index (χ3n) is 4.92. The average molecular weight is 407 g/mol. The Morgan fingerprint density at radius 3 is 2.73 bits per heavy atom. The minimum absolute atomic E-state index is 0.00659. The van der Waals surface area contributed by atoms with E-state index in [1.165, 1.54) is 6.92 Å². The van der Waals surface area contributed by atoms with E-state index < -0.39 is 18.0 Å². The van der Waals surface area contributed by atoms with Crippen molar-refractivity contribution in [1.82, 2.24) is 9.97 Å². The van der Waals surface area contributed by atoms with E-state index in [0.29, 0.717) is 22.3 Å². The molecule has 2 aromatic carbocycles. The molecule has 3 N–H and O–H groups in total. The lowest BCUT2D eigenvalue weighted by Crippen LogP contribution is -2.30. The normalized spacial score (nSPS) is 12.2. The first-order valence-corrected chi connectivity index (χ1v) is 9.64. The molecule has 30 heavy (non-hydrogen) atoms. The van der Waals surface area contributed by atoms with Crippen LogP contribution in [0.3, 0.4) is 0 Å². The van der Waals surface area contributed by atoms with Gasteiger partial charge in [-0.3, -0.25) is 9.59 Å². The number of amides is 1. The van der Waals surface area contributed by atoms with Gasteiger partial charge in [-0.05, 0) is 43.2 Å². The predicted molar refractivity (Wildman–Crippen MR) is 112 cm³/mol. The van der Waals surface area contributed by atoms with Crippen molar-refractivity contribution in [2.75, 3.05) is 5.32 Å². The number of rotatable bonds is 6. The molecule has 4 rings (SSSR count). The standard InChI is InChI=1S/C22H21N3O5/c1-3-13-4-6-16-14(11-29-19(16)8-13)9-20(26)30-12(2)21(27)23-15-5-7-17-18(10-15)25-22(28)24-17/h4-8,10-12H,3,9H2,1-2H3,(H,23,27)(H2,24,25,28)/t12-/m0/s1. The van der Waals surface area contributed by atoms with Crippen molar-refractivity contribution in [3.05, 3.63) is 64.3 Å². The van der Waals surface area contributed by atoms with E-state index in [0.717, 1.165) is 23.0 Å². The fourth-order valence-corrected chi connectivity index (χ4v) is 3.29. The van der Waals surface area contributed by atoms with Gasteiger partial charge in [0.15, 0.2) is 6.10 Å². The number of aryl methyl sites for hydroxylation is 1. The fourth-order valence-electron chi connectivity index (χ4n) is 3.29. The number of carbonyl (C=O) groups is 2. The van der Waals surface area contributed by atoms with Gasteiger partial charge in [0, 0.05) is 16.6 Å². The second-order valence-electron chi connectivity index (χ2n) is 7.08. The van der Waals surface area contributed by atoms with Crippen molar-refractivity contribution in [3.63, 3.8) is 0 Å². The molecule has 2 heterocycles. The predicted octanol–water partition coefficient (Wildman–Crippen LogP) is 3.28. The highest BCUT2D eigenvalue weighted by molar-refractivity contribution is 5.97. The van der Waals surface area contributed by atoms with E-state index in [1.54, 1.807) is 24.5 Å². The van der Waals surface area contributed by atoms with E-state index >= 15 is 0 Å². The number of furan rings is 1. The topological polar surface area (TPSA) is 117 Å². The molecule has 8 heteroatoms. The molecule has 0 saturated heterocycles.